The quantitative estimate of drug-likeness (QED) is 0.517. The maximum atomic E-state index is 14.0. The predicted molar refractivity (Wildman–Crippen MR) is 136 cm³/mol. The first kappa shape index (κ1) is 24.8. The lowest BCUT2D eigenvalue weighted by Crippen LogP contribution is -2.31. The molecule has 0 bridgehead atoms. The zero-order valence-corrected chi connectivity index (χ0v) is 20.5. The van der Waals surface area contributed by atoms with Crippen LogP contribution in [0.4, 0.5) is 20.3 Å². The third kappa shape index (κ3) is 6.42. The molecule has 3 aromatic rings. The molecule has 0 saturated carbocycles. The topological polar surface area (TPSA) is 48.5 Å². The number of carbonyl (C=O) groups is 1. The van der Waals surface area contributed by atoms with Crippen LogP contribution in [0, 0.1) is 11.6 Å². The number of hydrogen-bond donors (Lipinski definition) is 1. The van der Waals surface area contributed by atoms with Crippen LogP contribution in [0.5, 0.6) is 0 Å². The van der Waals surface area contributed by atoms with Gasteiger partial charge in [-0.15, -0.1) is 0 Å². The minimum Gasteiger partial charge on any atom is -0.355 e. The Morgan fingerprint density at radius 2 is 1.74 bits per heavy atom. The van der Waals surface area contributed by atoms with Crippen LogP contribution >= 0.6 is 0 Å². The zero-order chi connectivity index (χ0) is 25.0. The number of carbonyl (C=O) groups excluding carboxylic acids is 1. The van der Waals surface area contributed by atoms with Crippen LogP contribution in [0.15, 0.2) is 60.8 Å². The Balaban J connectivity index is 1.33. The van der Waals surface area contributed by atoms with Gasteiger partial charge >= 0.3 is 0 Å². The Labute approximate surface area is 205 Å². The van der Waals surface area contributed by atoms with E-state index in [0.29, 0.717) is 23.4 Å². The number of nitrogens with zero attached hydrogens (tertiary/aromatic N) is 3. The predicted octanol–water partition coefficient (Wildman–Crippen LogP) is 5.62. The van der Waals surface area contributed by atoms with E-state index in [9.17, 15) is 13.6 Å². The molecule has 2 aromatic carbocycles. The van der Waals surface area contributed by atoms with Gasteiger partial charge in [0.05, 0.1) is 11.9 Å². The van der Waals surface area contributed by atoms with E-state index >= 15 is 0 Å². The van der Waals surface area contributed by atoms with Crippen LogP contribution in [0.25, 0.3) is 0 Å². The summed E-state index contributed by atoms with van der Waals surface area (Å²) in [5.74, 6) is -0.390. The van der Waals surface area contributed by atoms with Gasteiger partial charge in [-0.1, -0.05) is 39.0 Å². The summed E-state index contributed by atoms with van der Waals surface area (Å²) < 4.78 is 27.2. The van der Waals surface area contributed by atoms with Crippen molar-refractivity contribution in [2.45, 2.75) is 39.2 Å². The summed E-state index contributed by atoms with van der Waals surface area (Å²) in [6, 6.07) is 15.2. The lowest BCUT2D eigenvalue weighted by atomic mass is 9.87. The van der Waals surface area contributed by atoms with E-state index in [1.807, 2.05) is 36.4 Å². The van der Waals surface area contributed by atoms with Crippen molar-refractivity contribution in [2.24, 2.45) is 0 Å². The van der Waals surface area contributed by atoms with Crippen LogP contribution < -0.4 is 10.2 Å². The van der Waals surface area contributed by atoms with Gasteiger partial charge in [-0.2, -0.15) is 0 Å². The van der Waals surface area contributed by atoms with Crippen LogP contribution in [-0.2, 0) is 12.0 Å². The Hall–Kier alpha value is -3.32. The second-order valence-electron chi connectivity index (χ2n) is 10.0. The molecule has 1 aliphatic rings. The summed E-state index contributed by atoms with van der Waals surface area (Å²) in [4.78, 5) is 21.6. The summed E-state index contributed by atoms with van der Waals surface area (Å²) in [6.07, 6.45) is 2.58. The number of amides is 1. The average molecular weight is 479 g/mol. The third-order valence-corrected chi connectivity index (χ3v) is 6.34. The Morgan fingerprint density at radius 1 is 0.971 bits per heavy atom. The number of halogens is 2. The molecule has 0 atom stereocenters. The minimum atomic E-state index is -0.558. The van der Waals surface area contributed by atoms with E-state index < -0.39 is 11.6 Å². The second-order valence-corrected chi connectivity index (χ2v) is 10.0. The van der Waals surface area contributed by atoms with Gasteiger partial charge < -0.3 is 10.2 Å². The Morgan fingerprint density at radius 3 is 2.40 bits per heavy atom. The smallest absolute Gasteiger partial charge is 0.255 e. The SMILES string of the molecule is CC(C)(C)c1ccc(C(=O)Nc2ccc(N3CCCN(Cc4ccc(F)cc4F)CC3)nc2)cc1. The lowest BCUT2D eigenvalue weighted by molar-refractivity contribution is 0.102. The summed E-state index contributed by atoms with van der Waals surface area (Å²) in [7, 11) is 0. The first-order chi connectivity index (χ1) is 16.7. The monoisotopic (exact) mass is 478 g/mol. The molecule has 5 nitrogen and oxygen atoms in total. The van der Waals surface area contributed by atoms with E-state index in [1.165, 1.54) is 17.7 Å². The molecule has 184 valence electrons. The van der Waals surface area contributed by atoms with Crippen molar-refractivity contribution in [2.75, 3.05) is 36.4 Å². The van der Waals surface area contributed by atoms with Crippen molar-refractivity contribution in [1.82, 2.24) is 9.88 Å². The van der Waals surface area contributed by atoms with Crippen LogP contribution in [0.2, 0.25) is 0 Å². The van der Waals surface area contributed by atoms with Crippen LogP contribution in [0.1, 0.15) is 48.7 Å². The molecule has 0 radical (unpaired) electrons. The lowest BCUT2D eigenvalue weighted by Gasteiger charge is -2.23. The number of anilines is 2. The van der Waals surface area contributed by atoms with Gasteiger partial charge in [0.1, 0.15) is 17.5 Å². The number of aromatic nitrogens is 1. The number of benzene rings is 2. The standard InChI is InChI=1S/C28H32F2N4O/c1-28(2,3)22-8-5-20(6-9-22)27(35)32-24-11-12-26(31-18-24)34-14-4-13-33(15-16-34)19-21-7-10-23(29)17-25(21)30/h5-12,17-18H,4,13-16,19H2,1-3H3,(H,32,35). The van der Waals surface area contributed by atoms with Gasteiger partial charge in [-0.05, 0) is 47.7 Å². The molecule has 0 spiro atoms. The van der Waals surface area contributed by atoms with Gasteiger partial charge in [-0.25, -0.2) is 13.8 Å². The van der Waals surface area contributed by atoms with E-state index in [4.69, 9.17) is 0 Å². The molecule has 1 fully saturated rings. The van der Waals surface area contributed by atoms with Crippen molar-refractivity contribution in [3.63, 3.8) is 0 Å². The highest BCUT2D eigenvalue weighted by atomic mass is 19.1. The molecule has 0 aliphatic carbocycles. The first-order valence-electron chi connectivity index (χ1n) is 12.0. The van der Waals surface area contributed by atoms with Crippen molar-refractivity contribution in [1.29, 1.82) is 0 Å². The van der Waals surface area contributed by atoms with Gasteiger partial charge in [-0.3, -0.25) is 9.69 Å². The summed E-state index contributed by atoms with van der Waals surface area (Å²) in [6.45, 7) is 10.0. The van der Waals surface area contributed by atoms with Gasteiger partial charge in [0.2, 0.25) is 0 Å². The normalized spacial score (nSPS) is 15.1. The third-order valence-electron chi connectivity index (χ3n) is 6.34. The maximum absolute atomic E-state index is 14.0. The first-order valence-corrected chi connectivity index (χ1v) is 12.0. The molecule has 1 aromatic heterocycles. The number of nitrogens with one attached hydrogen (secondary N) is 1. The highest BCUT2D eigenvalue weighted by Crippen LogP contribution is 2.23. The molecule has 0 unspecified atom stereocenters. The fraction of sp³-hybridized carbons (Fsp3) is 0.357. The molecule has 4 rings (SSSR count). The van der Waals surface area contributed by atoms with E-state index in [-0.39, 0.29) is 11.3 Å². The summed E-state index contributed by atoms with van der Waals surface area (Å²) >= 11 is 0. The molecule has 1 amide bonds. The van der Waals surface area contributed by atoms with Crippen molar-refractivity contribution in [3.05, 3.63) is 89.1 Å². The highest BCUT2D eigenvalue weighted by Gasteiger charge is 2.18. The van der Waals surface area contributed by atoms with Gasteiger partial charge in [0, 0.05) is 49.9 Å². The fourth-order valence-electron chi connectivity index (χ4n) is 4.22. The second kappa shape index (κ2) is 10.5. The maximum Gasteiger partial charge on any atom is 0.255 e. The van der Waals surface area contributed by atoms with Crippen molar-refractivity contribution < 1.29 is 13.6 Å². The highest BCUT2D eigenvalue weighted by molar-refractivity contribution is 6.04. The van der Waals surface area contributed by atoms with E-state index in [1.54, 1.807) is 6.20 Å². The zero-order valence-electron chi connectivity index (χ0n) is 20.5. The molecule has 35 heavy (non-hydrogen) atoms. The fourth-order valence-corrected chi connectivity index (χ4v) is 4.22. The number of hydrogen-bond acceptors (Lipinski definition) is 4. The number of pyridine rings is 1. The Bertz CT molecular complexity index is 1160. The van der Waals surface area contributed by atoms with Crippen LogP contribution in [-0.4, -0.2) is 42.0 Å². The molecule has 1 aliphatic heterocycles. The van der Waals surface area contributed by atoms with Crippen LogP contribution in [0.3, 0.4) is 0 Å². The molecular weight excluding hydrogens is 446 g/mol. The average Bonchev–Trinajstić information content (AvgIpc) is 3.06. The molecule has 2 heterocycles. The largest absolute Gasteiger partial charge is 0.355 e. The van der Waals surface area contributed by atoms with Gasteiger partial charge in [0.25, 0.3) is 5.91 Å². The van der Waals surface area contributed by atoms with E-state index in [2.05, 4.69) is 40.9 Å². The molecule has 7 heteroatoms. The van der Waals surface area contributed by atoms with Crippen molar-refractivity contribution >= 4 is 17.4 Å². The molecule has 1 saturated heterocycles. The minimum absolute atomic E-state index is 0.0380. The number of rotatable bonds is 5. The summed E-state index contributed by atoms with van der Waals surface area (Å²) in [5.41, 5.74) is 2.97. The Kier molecular flexibility index (Phi) is 7.45. The van der Waals surface area contributed by atoms with E-state index in [0.717, 1.165) is 44.5 Å². The van der Waals surface area contributed by atoms with Crippen molar-refractivity contribution in [3.8, 4) is 0 Å². The summed E-state index contributed by atoms with van der Waals surface area (Å²) in [5, 5.41) is 2.91. The van der Waals surface area contributed by atoms with Gasteiger partial charge in [0.15, 0.2) is 0 Å². The molecular formula is C28H32F2N4O. The molecule has 1 N–H and O–H groups in total.